The summed E-state index contributed by atoms with van der Waals surface area (Å²) in [5.41, 5.74) is 30.8. The van der Waals surface area contributed by atoms with E-state index in [-0.39, 0.29) is 57.5 Å². The average Bonchev–Trinajstić information content (AvgIpc) is 3.70. The molecule has 0 aliphatic rings. The summed E-state index contributed by atoms with van der Waals surface area (Å²) in [5, 5.41) is 24.1. The van der Waals surface area contributed by atoms with E-state index in [1.807, 2.05) is 24.3 Å². The molecule has 6 amide bonds. The molecule has 66 heavy (non-hydrogen) atoms. The van der Waals surface area contributed by atoms with E-state index in [0.29, 0.717) is 42.5 Å². The van der Waals surface area contributed by atoms with Crippen LogP contribution in [0.5, 0.6) is 0 Å². The van der Waals surface area contributed by atoms with Gasteiger partial charge in [0.25, 0.3) is 0 Å². The molecule has 17 N–H and O–H groups in total. The minimum atomic E-state index is -1.50. The molecule has 6 atom stereocenters. The number of aliphatic imine (C=N–C) groups is 1. The summed E-state index contributed by atoms with van der Waals surface area (Å²) >= 11 is 0. The highest BCUT2D eigenvalue weighted by atomic mass is 16.4. The molecule has 1 heterocycles. The zero-order valence-electron chi connectivity index (χ0n) is 36.7. The molecule has 4 aromatic rings. The SMILES string of the molecule is NCCCC[C@H](N)C(=O)N[C@@H](CCCN=C(N)N)C(=O)N[C@@H](Cc1c[nH]c2ccccc12)C(=O)N[C@@H](Cc1ccccc1)C(=O)N[C@@H](Cc1ccccc1)C(=O)N[C@@H](CCC(N)=O)C(=O)O. The normalized spacial score (nSPS) is 13.7. The number of benzene rings is 3. The van der Waals surface area contributed by atoms with Crippen LogP contribution in [0.2, 0.25) is 0 Å². The Morgan fingerprint density at radius 3 is 1.61 bits per heavy atom. The molecule has 3 aromatic carbocycles. The largest absolute Gasteiger partial charge is 0.480 e. The number of carboxylic acids is 1. The van der Waals surface area contributed by atoms with Crippen LogP contribution in [0.1, 0.15) is 61.6 Å². The average molecular weight is 911 g/mol. The Kier molecular flexibility index (Phi) is 20.6. The number of amides is 6. The monoisotopic (exact) mass is 910 g/mol. The number of aliphatic carboxylic acids is 1. The molecule has 20 heteroatoms. The van der Waals surface area contributed by atoms with Crippen molar-refractivity contribution in [3.8, 4) is 0 Å². The van der Waals surface area contributed by atoms with Crippen molar-refractivity contribution in [2.24, 2.45) is 33.7 Å². The number of primary amides is 1. The Hall–Kier alpha value is -7.32. The van der Waals surface area contributed by atoms with E-state index in [1.165, 1.54) is 0 Å². The zero-order valence-corrected chi connectivity index (χ0v) is 36.7. The summed E-state index contributed by atoms with van der Waals surface area (Å²) in [6.45, 7) is 0.572. The third kappa shape index (κ3) is 17.0. The summed E-state index contributed by atoms with van der Waals surface area (Å²) in [7, 11) is 0. The van der Waals surface area contributed by atoms with Crippen molar-refractivity contribution in [1.82, 2.24) is 31.6 Å². The molecular formula is C46H62N12O8. The number of guanidine groups is 1. The summed E-state index contributed by atoms with van der Waals surface area (Å²) in [6, 6.07) is 17.2. The van der Waals surface area contributed by atoms with Gasteiger partial charge in [0.15, 0.2) is 5.96 Å². The summed E-state index contributed by atoms with van der Waals surface area (Å²) in [5.74, 6) is -6.03. The van der Waals surface area contributed by atoms with E-state index in [2.05, 4.69) is 36.6 Å². The topological polar surface area (TPSA) is 358 Å². The molecule has 0 aliphatic heterocycles. The molecule has 0 bridgehead atoms. The Balaban J connectivity index is 1.68. The van der Waals surface area contributed by atoms with Crippen LogP contribution < -0.4 is 55.3 Å². The summed E-state index contributed by atoms with van der Waals surface area (Å²) in [4.78, 5) is 101. The Morgan fingerprint density at radius 1 is 0.576 bits per heavy atom. The predicted molar refractivity (Wildman–Crippen MR) is 249 cm³/mol. The number of unbranched alkanes of at least 4 members (excludes halogenated alkanes) is 1. The van der Waals surface area contributed by atoms with Gasteiger partial charge in [-0.15, -0.1) is 0 Å². The Morgan fingerprint density at radius 2 is 1.08 bits per heavy atom. The van der Waals surface area contributed by atoms with Crippen LogP contribution in [0.15, 0.2) is 96.1 Å². The number of carbonyl (C=O) groups excluding carboxylic acids is 6. The molecule has 4 rings (SSSR count). The van der Waals surface area contributed by atoms with Gasteiger partial charge in [-0.1, -0.05) is 85.3 Å². The van der Waals surface area contributed by atoms with Crippen molar-refractivity contribution < 1.29 is 38.7 Å². The van der Waals surface area contributed by atoms with Gasteiger partial charge in [0.1, 0.15) is 30.2 Å². The minimum absolute atomic E-state index is 0.0601. The lowest BCUT2D eigenvalue weighted by Gasteiger charge is -2.27. The third-order valence-electron chi connectivity index (χ3n) is 10.7. The van der Waals surface area contributed by atoms with Gasteiger partial charge >= 0.3 is 5.97 Å². The van der Waals surface area contributed by atoms with Gasteiger partial charge in [-0.05, 0) is 61.4 Å². The van der Waals surface area contributed by atoms with E-state index >= 15 is 0 Å². The highest BCUT2D eigenvalue weighted by Crippen LogP contribution is 2.20. The Labute approximate surface area is 382 Å². The van der Waals surface area contributed by atoms with Crippen LogP contribution in [0.25, 0.3) is 10.9 Å². The molecule has 0 aliphatic carbocycles. The van der Waals surface area contributed by atoms with E-state index in [9.17, 15) is 38.7 Å². The molecule has 0 unspecified atom stereocenters. The minimum Gasteiger partial charge on any atom is -0.480 e. The maximum absolute atomic E-state index is 14.7. The lowest BCUT2D eigenvalue weighted by atomic mass is 10.00. The first-order valence-electron chi connectivity index (χ1n) is 21.8. The van der Waals surface area contributed by atoms with Crippen molar-refractivity contribution in [3.05, 3.63) is 108 Å². The second-order valence-electron chi connectivity index (χ2n) is 15.9. The van der Waals surface area contributed by atoms with Gasteiger partial charge < -0.3 is 65.3 Å². The van der Waals surface area contributed by atoms with E-state index < -0.39 is 77.7 Å². The fourth-order valence-electron chi connectivity index (χ4n) is 7.17. The third-order valence-corrected chi connectivity index (χ3v) is 10.7. The zero-order chi connectivity index (χ0) is 48.0. The summed E-state index contributed by atoms with van der Waals surface area (Å²) in [6.07, 6.45) is 2.82. The lowest BCUT2D eigenvalue weighted by Crippen LogP contribution is -2.60. The van der Waals surface area contributed by atoms with Crippen LogP contribution in [-0.2, 0) is 52.8 Å². The van der Waals surface area contributed by atoms with E-state index in [1.54, 1.807) is 66.9 Å². The fourth-order valence-corrected chi connectivity index (χ4v) is 7.17. The standard InChI is InChI=1S/C46H62N12O8/c47-22-10-9-17-32(48)40(60)54-34(19-11-23-52-46(50)51)41(61)58-38(26-30-27-53-33-18-8-7-16-31(30)33)44(64)57-37(25-29-14-5-2-6-15-29)43(63)56-36(24-28-12-3-1-4-13-28)42(62)55-35(45(65)66)20-21-39(49)59/h1-8,12-16,18,27,32,34-38,53H,9-11,17,19-26,47-48H2,(H2,49,59)(H,54,60)(H,55,62)(H,56,63)(H,57,64)(H,58,61)(H,65,66)(H4,50,51,52)/t32-,34-,35-,36-,37-,38-/m0/s1. The maximum atomic E-state index is 14.7. The number of aromatic amines is 1. The van der Waals surface area contributed by atoms with Gasteiger partial charge in [0.05, 0.1) is 6.04 Å². The van der Waals surface area contributed by atoms with Crippen LogP contribution in [0, 0.1) is 0 Å². The van der Waals surface area contributed by atoms with E-state index in [0.717, 1.165) is 10.9 Å². The van der Waals surface area contributed by atoms with Crippen LogP contribution in [0.4, 0.5) is 0 Å². The van der Waals surface area contributed by atoms with Gasteiger partial charge in [-0.25, -0.2) is 4.79 Å². The van der Waals surface area contributed by atoms with Crippen molar-refractivity contribution in [2.75, 3.05) is 13.1 Å². The second-order valence-corrected chi connectivity index (χ2v) is 15.9. The predicted octanol–water partition coefficient (Wildman–Crippen LogP) is -0.520. The Bertz CT molecular complexity index is 2270. The highest BCUT2D eigenvalue weighted by molar-refractivity contribution is 5.97. The number of para-hydroxylation sites is 1. The van der Waals surface area contributed by atoms with Crippen LogP contribution in [-0.4, -0.2) is 107 Å². The number of carboxylic acid groups (broad SMARTS) is 1. The molecule has 0 saturated carbocycles. The number of carbonyl (C=O) groups is 7. The quantitative estimate of drug-likeness (QED) is 0.0195. The number of hydrogen-bond donors (Lipinski definition) is 12. The molecule has 0 fully saturated rings. The number of nitrogens with zero attached hydrogens (tertiary/aromatic N) is 1. The van der Waals surface area contributed by atoms with Gasteiger partial charge in [-0.3, -0.25) is 33.8 Å². The number of H-pyrrole nitrogens is 1. The molecule has 20 nitrogen and oxygen atoms in total. The van der Waals surface area contributed by atoms with Crippen molar-refractivity contribution >= 4 is 58.3 Å². The number of rotatable bonds is 28. The molecule has 354 valence electrons. The molecule has 1 aromatic heterocycles. The lowest BCUT2D eigenvalue weighted by molar-refractivity contribution is -0.142. The molecule has 0 spiro atoms. The van der Waals surface area contributed by atoms with Gasteiger partial charge in [0, 0.05) is 49.3 Å². The number of nitrogens with two attached hydrogens (primary N) is 5. The highest BCUT2D eigenvalue weighted by Gasteiger charge is 2.34. The number of fused-ring (bicyclic) bond motifs is 1. The van der Waals surface area contributed by atoms with Crippen molar-refractivity contribution in [2.45, 2.75) is 100 Å². The molecule has 0 radical (unpaired) electrons. The number of hydrogen-bond acceptors (Lipinski definition) is 10. The van der Waals surface area contributed by atoms with Crippen molar-refractivity contribution in [1.29, 1.82) is 0 Å². The van der Waals surface area contributed by atoms with Crippen LogP contribution >= 0.6 is 0 Å². The maximum Gasteiger partial charge on any atom is 0.326 e. The van der Waals surface area contributed by atoms with Gasteiger partial charge in [-0.2, -0.15) is 0 Å². The second kappa shape index (κ2) is 26.5. The van der Waals surface area contributed by atoms with Crippen LogP contribution in [0.3, 0.4) is 0 Å². The molecule has 0 saturated heterocycles. The van der Waals surface area contributed by atoms with E-state index in [4.69, 9.17) is 28.7 Å². The first-order valence-corrected chi connectivity index (χ1v) is 21.8. The first kappa shape index (κ1) is 51.3. The molecular weight excluding hydrogens is 849 g/mol. The fraction of sp³-hybridized carbons (Fsp3) is 0.391. The number of aromatic nitrogens is 1. The number of nitrogens with one attached hydrogen (secondary N) is 6. The summed E-state index contributed by atoms with van der Waals surface area (Å²) < 4.78 is 0. The van der Waals surface area contributed by atoms with Gasteiger partial charge in [0.2, 0.25) is 35.4 Å². The smallest absolute Gasteiger partial charge is 0.326 e. The first-order chi connectivity index (χ1) is 31.6. The van der Waals surface area contributed by atoms with Crippen molar-refractivity contribution in [3.63, 3.8) is 0 Å².